The van der Waals surface area contributed by atoms with Gasteiger partial charge in [-0.2, -0.15) is 0 Å². The van der Waals surface area contributed by atoms with Gasteiger partial charge in [0.15, 0.2) is 0 Å². The van der Waals surface area contributed by atoms with Crippen LogP contribution in [-0.2, 0) is 14.3 Å². The van der Waals surface area contributed by atoms with Gasteiger partial charge in [-0.1, -0.05) is 6.07 Å². The highest BCUT2D eigenvalue weighted by atomic mass is 19.1. The highest BCUT2D eigenvalue weighted by molar-refractivity contribution is 5.80. The summed E-state index contributed by atoms with van der Waals surface area (Å²) in [5, 5.41) is 8.71. The Labute approximate surface area is 97.4 Å². The molecule has 0 aliphatic carbocycles. The largest absolute Gasteiger partial charge is 0.480 e. The van der Waals surface area contributed by atoms with Crippen LogP contribution in [0.25, 0.3) is 0 Å². The zero-order valence-electron chi connectivity index (χ0n) is 9.22. The van der Waals surface area contributed by atoms with Gasteiger partial charge < -0.3 is 14.7 Å². The fourth-order valence-corrected chi connectivity index (χ4v) is 1.29. The van der Waals surface area contributed by atoms with Gasteiger partial charge in [-0.05, 0) is 18.2 Å². The van der Waals surface area contributed by atoms with Crippen LogP contribution in [0, 0.1) is 5.82 Å². The number of ether oxygens (including phenoxy) is 1. The first kappa shape index (κ1) is 13.0. The van der Waals surface area contributed by atoms with Crippen molar-refractivity contribution in [3.8, 4) is 0 Å². The molecular weight excluding hydrogens is 229 g/mol. The molecule has 0 aliphatic heterocycles. The molecule has 0 bridgehead atoms. The van der Waals surface area contributed by atoms with Crippen molar-refractivity contribution in [2.24, 2.45) is 0 Å². The highest BCUT2D eigenvalue weighted by Crippen LogP contribution is 2.15. The van der Waals surface area contributed by atoms with Crippen molar-refractivity contribution in [3.63, 3.8) is 0 Å². The van der Waals surface area contributed by atoms with Gasteiger partial charge in [-0.3, -0.25) is 9.59 Å². The normalized spacial score (nSPS) is 9.76. The van der Waals surface area contributed by atoms with Crippen LogP contribution in [0.1, 0.15) is 0 Å². The minimum absolute atomic E-state index is 0.244. The lowest BCUT2D eigenvalue weighted by atomic mass is 10.2. The number of rotatable bonds is 5. The molecule has 1 rings (SSSR count). The zero-order chi connectivity index (χ0) is 12.8. The molecule has 0 amide bonds. The molecule has 6 heteroatoms. The Morgan fingerprint density at radius 3 is 2.65 bits per heavy atom. The first-order chi connectivity index (χ1) is 8.02. The summed E-state index contributed by atoms with van der Waals surface area (Å²) in [4.78, 5) is 23.0. The zero-order valence-corrected chi connectivity index (χ0v) is 9.22. The summed E-state index contributed by atoms with van der Waals surface area (Å²) in [6.07, 6.45) is 0. The van der Waals surface area contributed by atoms with E-state index in [-0.39, 0.29) is 6.54 Å². The van der Waals surface area contributed by atoms with Crippen LogP contribution in [0.15, 0.2) is 24.3 Å². The first-order valence-corrected chi connectivity index (χ1v) is 4.82. The molecule has 1 aromatic carbocycles. The van der Waals surface area contributed by atoms with Crippen LogP contribution in [0.4, 0.5) is 10.1 Å². The lowest BCUT2D eigenvalue weighted by molar-refractivity contribution is -0.139. The molecule has 0 radical (unpaired) electrons. The molecule has 0 unspecified atom stereocenters. The Kier molecular flexibility index (Phi) is 4.45. The second kappa shape index (κ2) is 5.83. The summed E-state index contributed by atoms with van der Waals surface area (Å²) in [6.45, 7) is -0.648. The topological polar surface area (TPSA) is 66.8 Å². The Morgan fingerprint density at radius 2 is 2.12 bits per heavy atom. The summed E-state index contributed by atoms with van der Waals surface area (Å²) in [5.74, 6) is -2.20. The number of anilines is 1. The lowest BCUT2D eigenvalue weighted by Crippen LogP contribution is -2.35. The van der Waals surface area contributed by atoms with E-state index in [0.29, 0.717) is 5.69 Å². The maximum Gasteiger partial charge on any atom is 0.325 e. The summed E-state index contributed by atoms with van der Waals surface area (Å²) in [6, 6.07) is 5.36. The number of halogens is 1. The number of hydrogen-bond donors (Lipinski definition) is 1. The molecule has 0 saturated heterocycles. The highest BCUT2D eigenvalue weighted by Gasteiger charge is 2.15. The van der Waals surface area contributed by atoms with Crippen molar-refractivity contribution >= 4 is 17.6 Å². The average molecular weight is 241 g/mol. The Morgan fingerprint density at radius 1 is 1.41 bits per heavy atom. The quantitative estimate of drug-likeness (QED) is 0.775. The lowest BCUT2D eigenvalue weighted by Gasteiger charge is -2.21. The number of benzene rings is 1. The van der Waals surface area contributed by atoms with Gasteiger partial charge in [0.05, 0.1) is 7.11 Å². The summed E-state index contributed by atoms with van der Waals surface area (Å²) in [7, 11) is 1.20. The van der Waals surface area contributed by atoms with Crippen LogP contribution in [0.2, 0.25) is 0 Å². The van der Waals surface area contributed by atoms with Crippen LogP contribution in [0.5, 0.6) is 0 Å². The average Bonchev–Trinajstić information content (AvgIpc) is 2.27. The van der Waals surface area contributed by atoms with Crippen molar-refractivity contribution in [1.82, 2.24) is 0 Å². The van der Waals surface area contributed by atoms with E-state index in [4.69, 9.17) is 5.11 Å². The van der Waals surface area contributed by atoms with Gasteiger partial charge >= 0.3 is 11.9 Å². The molecule has 0 atom stereocenters. The standard InChI is InChI=1S/C11H12FNO4/c1-17-11(16)7-13(6-10(14)15)9-4-2-3-8(12)5-9/h2-5H,6-7H2,1H3,(H,14,15). The number of carboxylic acids is 1. The van der Waals surface area contributed by atoms with Crippen molar-refractivity contribution in [2.75, 3.05) is 25.1 Å². The molecule has 1 N–H and O–H groups in total. The number of nitrogens with zero attached hydrogens (tertiary/aromatic N) is 1. The summed E-state index contributed by atoms with van der Waals surface area (Å²) in [5.41, 5.74) is 0.317. The molecule has 1 aromatic rings. The molecule has 5 nitrogen and oxygen atoms in total. The van der Waals surface area contributed by atoms with E-state index in [0.717, 1.165) is 6.07 Å². The van der Waals surface area contributed by atoms with Gasteiger partial charge in [-0.15, -0.1) is 0 Å². The van der Waals surface area contributed by atoms with E-state index in [1.54, 1.807) is 0 Å². The third kappa shape index (κ3) is 4.10. The monoisotopic (exact) mass is 241 g/mol. The smallest absolute Gasteiger partial charge is 0.325 e. The Hall–Kier alpha value is -2.11. The molecular formula is C11H12FNO4. The van der Waals surface area contributed by atoms with E-state index in [1.165, 1.54) is 30.2 Å². The van der Waals surface area contributed by atoms with E-state index < -0.39 is 24.3 Å². The SMILES string of the molecule is COC(=O)CN(CC(=O)O)c1cccc(F)c1. The van der Waals surface area contributed by atoms with Gasteiger partial charge in [0.2, 0.25) is 0 Å². The van der Waals surface area contributed by atoms with Gasteiger partial charge in [0.1, 0.15) is 18.9 Å². The van der Waals surface area contributed by atoms with Crippen molar-refractivity contribution in [3.05, 3.63) is 30.1 Å². The maximum atomic E-state index is 13.0. The number of carbonyl (C=O) groups excluding carboxylic acids is 1. The number of esters is 1. The van der Waals surface area contributed by atoms with Crippen LogP contribution < -0.4 is 4.90 Å². The fourth-order valence-electron chi connectivity index (χ4n) is 1.29. The van der Waals surface area contributed by atoms with Crippen LogP contribution in [0.3, 0.4) is 0 Å². The third-order valence-corrected chi connectivity index (χ3v) is 2.05. The van der Waals surface area contributed by atoms with E-state index in [2.05, 4.69) is 4.74 Å². The second-order valence-electron chi connectivity index (χ2n) is 3.31. The molecule has 0 fully saturated rings. The van der Waals surface area contributed by atoms with Gasteiger partial charge in [0, 0.05) is 5.69 Å². The van der Waals surface area contributed by atoms with Gasteiger partial charge in [-0.25, -0.2) is 4.39 Å². The molecule has 17 heavy (non-hydrogen) atoms. The van der Waals surface area contributed by atoms with E-state index in [9.17, 15) is 14.0 Å². The molecule has 0 spiro atoms. The summed E-state index contributed by atoms with van der Waals surface area (Å²) < 4.78 is 17.4. The van der Waals surface area contributed by atoms with E-state index in [1.807, 2.05) is 0 Å². The van der Waals surface area contributed by atoms with E-state index >= 15 is 0 Å². The number of hydrogen-bond acceptors (Lipinski definition) is 4. The van der Waals surface area contributed by atoms with Crippen LogP contribution in [-0.4, -0.2) is 37.2 Å². The Bertz CT molecular complexity index is 422. The van der Waals surface area contributed by atoms with Crippen molar-refractivity contribution < 1.29 is 23.8 Å². The number of carbonyl (C=O) groups is 2. The first-order valence-electron chi connectivity index (χ1n) is 4.82. The second-order valence-corrected chi connectivity index (χ2v) is 3.31. The minimum Gasteiger partial charge on any atom is -0.480 e. The van der Waals surface area contributed by atoms with Gasteiger partial charge in [0.25, 0.3) is 0 Å². The van der Waals surface area contributed by atoms with Crippen LogP contribution >= 0.6 is 0 Å². The molecule has 0 saturated carbocycles. The molecule has 92 valence electrons. The number of methoxy groups -OCH3 is 1. The Balaban J connectivity index is 2.89. The maximum absolute atomic E-state index is 13.0. The number of aliphatic carboxylic acids is 1. The number of carboxylic acid groups (broad SMARTS) is 1. The minimum atomic E-state index is -1.11. The van der Waals surface area contributed by atoms with Crippen molar-refractivity contribution in [1.29, 1.82) is 0 Å². The molecule has 0 aliphatic rings. The van der Waals surface area contributed by atoms with Crippen molar-refractivity contribution in [2.45, 2.75) is 0 Å². The predicted molar refractivity (Wildman–Crippen MR) is 58.3 cm³/mol. The molecule has 0 heterocycles. The summed E-state index contributed by atoms with van der Waals surface area (Å²) >= 11 is 0. The third-order valence-electron chi connectivity index (χ3n) is 2.05. The predicted octanol–water partition coefficient (Wildman–Crippen LogP) is 0.890. The fraction of sp³-hybridized carbons (Fsp3) is 0.273. The molecule has 0 aromatic heterocycles.